The molecular weight excluding hydrogens is 213 g/mol. The third-order valence-corrected chi connectivity index (χ3v) is 2.82. The number of nitrogens with zero attached hydrogens (tertiary/aromatic N) is 1. The number of benzene rings is 1. The second-order valence-electron chi connectivity index (χ2n) is 3.00. The standard InChI is InChI=1S/C11H8FNOS/c12-9-3-1-8(2-4-9)10-7-15-11(13-10)5-6-14/h1-4,6-7H,5H2. The number of halogens is 1. The zero-order valence-corrected chi connectivity index (χ0v) is 8.63. The number of aldehydes is 1. The van der Waals surface area contributed by atoms with Crippen LogP contribution in [0.2, 0.25) is 0 Å². The quantitative estimate of drug-likeness (QED) is 0.746. The van der Waals surface area contributed by atoms with E-state index in [1.54, 1.807) is 12.1 Å². The summed E-state index contributed by atoms with van der Waals surface area (Å²) in [6.45, 7) is 0. The van der Waals surface area contributed by atoms with E-state index >= 15 is 0 Å². The first-order valence-corrected chi connectivity index (χ1v) is 5.31. The van der Waals surface area contributed by atoms with Gasteiger partial charge in [0.1, 0.15) is 17.1 Å². The zero-order chi connectivity index (χ0) is 10.7. The average Bonchev–Trinajstić information content (AvgIpc) is 2.68. The lowest BCUT2D eigenvalue weighted by Gasteiger charge is -1.94. The maximum Gasteiger partial charge on any atom is 0.126 e. The highest BCUT2D eigenvalue weighted by Gasteiger charge is 2.03. The summed E-state index contributed by atoms with van der Waals surface area (Å²) < 4.78 is 12.7. The Morgan fingerprint density at radius 1 is 1.33 bits per heavy atom. The van der Waals surface area contributed by atoms with E-state index in [9.17, 15) is 9.18 Å². The molecule has 2 aromatic rings. The molecule has 0 aliphatic rings. The minimum absolute atomic E-state index is 0.262. The molecular formula is C11H8FNOS. The SMILES string of the molecule is O=CCc1nc(-c2ccc(F)cc2)cs1. The number of aromatic nitrogens is 1. The minimum Gasteiger partial charge on any atom is -0.303 e. The predicted octanol–water partition coefficient (Wildman–Crippen LogP) is 2.69. The highest BCUT2D eigenvalue weighted by atomic mass is 32.1. The molecule has 2 nitrogen and oxygen atoms in total. The Kier molecular flexibility index (Phi) is 2.87. The van der Waals surface area contributed by atoms with Crippen molar-refractivity contribution in [2.24, 2.45) is 0 Å². The van der Waals surface area contributed by atoms with Gasteiger partial charge in [0.15, 0.2) is 0 Å². The fourth-order valence-corrected chi connectivity index (χ4v) is 1.98. The predicted molar refractivity (Wildman–Crippen MR) is 57.3 cm³/mol. The van der Waals surface area contributed by atoms with E-state index in [4.69, 9.17) is 0 Å². The van der Waals surface area contributed by atoms with Crippen molar-refractivity contribution < 1.29 is 9.18 Å². The number of rotatable bonds is 3. The Hall–Kier alpha value is -1.55. The van der Waals surface area contributed by atoms with Gasteiger partial charge in [0.05, 0.1) is 12.1 Å². The van der Waals surface area contributed by atoms with Crippen molar-refractivity contribution in [3.63, 3.8) is 0 Å². The summed E-state index contributed by atoms with van der Waals surface area (Å²) in [5, 5.41) is 2.65. The number of hydrogen-bond acceptors (Lipinski definition) is 3. The summed E-state index contributed by atoms with van der Waals surface area (Å²) in [4.78, 5) is 14.5. The molecule has 0 saturated heterocycles. The zero-order valence-electron chi connectivity index (χ0n) is 7.81. The Balaban J connectivity index is 2.28. The van der Waals surface area contributed by atoms with Crippen LogP contribution >= 0.6 is 11.3 Å². The Morgan fingerprint density at radius 3 is 2.73 bits per heavy atom. The van der Waals surface area contributed by atoms with Crippen molar-refractivity contribution in [2.45, 2.75) is 6.42 Å². The molecule has 1 aromatic carbocycles. The first kappa shape index (κ1) is 9.98. The number of thiazole rings is 1. The molecule has 0 bridgehead atoms. The Bertz CT molecular complexity index is 464. The van der Waals surface area contributed by atoms with Crippen LogP contribution in [-0.2, 0) is 11.2 Å². The van der Waals surface area contributed by atoms with E-state index in [0.29, 0.717) is 6.42 Å². The molecule has 0 spiro atoms. The second-order valence-corrected chi connectivity index (χ2v) is 3.95. The Labute approximate surface area is 90.4 Å². The van der Waals surface area contributed by atoms with E-state index in [2.05, 4.69) is 4.98 Å². The van der Waals surface area contributed by atoms with E-state index < -0.39 is 0 Å². The van der Waals surface area contributed by atoms with E-state index in [1.807, 2.05) is 5.38 Å². The van der Waals surface area contributed by atoms with Gasteiger partial charge in [0.25, 0.3) is 0 Å². The van der Waals surface area contributed by atoms with Crippen LogP contribution in [0.15, 0.2) is 29.6 Å². The highest BCUT2D eigenvalue weighted by Crippen LogP contribution is 2.21. The molecule has 0 atom stereocenters. The first-order chi connectivity index (χ1) is 7.29. The summed E-state index contributed by atoms with van der Waals surface area (Å²) in [5.74, 6) is -0.262. The van der Waals surface area contributed by atoms with E-state index in [0.717, 1.165) is 22.6 Å². The molecule has 1 heterocycles. The maximum atomic E-state index is 12.7. The molecule has 4 heteroatoms. The van der Waals surface area contributed by atoms with Crippen molar-refractivity contribution in [1.82, 2.24) is 4.98 Å². The van der Waals surface area contributed by atoms with Crippen LogP contribution in [0.5, 0.6) is 0 Å². The molecule has 2 rings (SSSR count). The lowest BCUT2D eigenvalue weighted by molar-refractivity contribution is -0.107. The summed E-state index contributed by atoms with van der Waals surface area (Å²) in [6.07, 6.45) is 1.17. The van der Waals surface area contributed by atoms with Crippen LogP contribution in [0.1, 0.15) is 5.01 Å². The Morgan fingerprint density at radius 2 is 2.07 bits per heavy atom. The van der Waals surface area contributed by atoms with E-state index in [1.165, 1.54) is 23.5 Å². The highest BCUT2D eigenvalue weighted by molar-refractivity contribution is 7.10. The van der Waals surface area contributed by atoms with Crippen LogP contribution < -0.4 is 0 Å². The molecule has 0 N–H and O–H groups in total. The van der Waals surface area contributed by atoms with Crippen molar-refractivity contribution in [3.05, 3.63) is 40.5 Å². The molecule has 0 unspecified atom stereocenters. The monoisotopic (exact) mass is 221 g/mol. The van der Waals surface area contributed by atoms with Crippen LogP contribution in [-0.4, -0.2) is 11.3 Å². The molecule has 76 valence electrons. The summed E-state index contributed by atoms with van der Waals surface area (Å²) in [6, 6.07) is 6.15. The summed E-state index contributed by atoms with van der Waals surface area (Å²) in [7, 11) is 0. The van der Waals surface area contributed by atoms with Gasteiger partial charge in [-0.2, -0.15) is 0 Å². The lowest BCUT2D eigenvalue weighted by Crippen LogP contribution is -1.84. The molecule has 0 aliphatic heterocycles. The van der Waals surface area contributed by atoms with Gasteiger partial charge < -0.3 is 4.79 Å². The molecule has 0 saturated carbocycles. The number of carbonyl (C=O) groups is 1. The van der Waals surface area contributed by atoms with Gasteiger partial charge in [-0.3, -0.25) is 0 Å². The van der Waals surface area contributed by atoms with Crippen molar-refractivity contribution in [1.29, 1.82) is 0 Å². The third kappa shape index (κ3) is 2.27. The van der Waals surface area contributed by atoms with Crippen molar-refractivity contribution in [2.75, 3.05) is 0 Å². The van der Waals surface area contributed by atoms with Crippen molar-refractivity contribution in [3.8, 4) is 11.3 Å². The maximum absolute atomic E-state index is 12.7. The molecule has 0 aliphatic carbocycles. The summed E-state index contributed by atoms with van der Waals surface area (Å²) in [5.41, 5.74) is 1.65. The van der Waals surface area contributed by atoms with Gasteiger partial charge in [-0.15, -0.1) is 11.3 Å². The fraction of sp³-hybridized carbons (Fsp3) is 0.0909. The molecule has 0 radical (unpaired) electrons. The smallest absolute Gasteiger partial charge is 0.126 e. The molecule has 0 fully saturated rings. The normalized spacial score (nSPS) is 10.2. The van der Waals surface area contributed by atoms with Gasteiger partial charge in [0, 0.05) is 10.9 Å². The molecule has 0 amide bonds. The number of hydrogen-bond donors (Lipinski definition) is 0. The van der Waals surface area contributed by atoms with Gasteiger partial charge in [0.2, 0.25) is 0 Å². The topological polar surface area (TPSA) is 30.0 Å². The van der Waals surface area contributed by atoms with Gasteiger partial charge in [-0.25, -0.2) is 9.37 Å². The van der Waals surface area contributed by atoms with Gasteiger partial charge in [-0.05, 0) is 24.3 Å². The summed E-state index contributed by atoms with van der Waals surface area (Å²) >= 11 is 1.44. The molecule has 1 aromatic heterocycles. The first-order valence-electron chi connectivity index (χ1n) is 4.43. The van der Waals surface area contributed by atoms with Gasteiger partial charge >= 0.3 is 0 Å². The lowest BCUT2D eigenvalue weighted by atomic mass is 10.2. The van der Waals surface area contributed by atoms with Crippen molar-refractivity contribution >= 4 is 17.6 Å². The van der Waals surface area contributed by atoms with Gasteiger partial charge in [-0.1, -0.05) is 0 Å². The van der Waals surface area contributed by atoms with Crippen LogP contribution in [0.3, 0.4) is 0 Å². The van der Waals surface area contributed by atoms with E-state index in [-0.39, 0.29) is 5.82 Å². The van der Waals surface area contributed by atoms with Crippen LogP contribution in [0.4, 0.5) is 4.39 Å². The van der Waals surface area contributed by atoms with Crippen LogP contribution in [0, 0.1) is 5.82 Å². The minimum atomic E-state index is -0.262. The fourth-order valence-electron chi connectivity index (χ4n) is 1.23. The largest absolute Gasteiger partial charge is 0.303 e. The van der Waals surface area contributed by atoms with Crippen LogP contribution in [0.25, 0.3) is 11.3 Å². The molecule has 15 heavy (non-hydrogen) atoms. The average molecular weight is 221 g/mol. The number of carbonyl (C=O) groups excluding carboxylic acids is 1. The third-order valence-electron chi connectivity index (χ3n) is 1.95. The second kappa shape index (κ2) is 4.31.